The summed E-state index contributed by atoms with van der Waals surface area (Å²) >= 11 is 0. The fourth-order valence-corrected chi connectivity index (χ4v) is 5.27. The summed E-state index contributed by atoms with van der Waals surface area (Å²) in [6.07, 6.45) is 3.17. The van der Waals surface area contributed by atoms with Crippen molar-refractivity contribution in [1.29, 1.82) is 0 Å². The van der Waals surface area contributed by atoms with Gasteiger partial charge in [0, 0.05) is 31.5 Å². The molecule has 0 radical (unpaired) electrons. The van der Waals surface area contributed by atoms with Crippen LogP contribution in [0.1, 0.15) is 64.5 Å². The summed E-state index contributed by atoms with van der Waals surface area (Å²) in [6, 6.07) is 1.59. The van der Waals surface area contributed by atoms with Gasteiger partial charge in [-0.1, -0.05) is 33.8 Å². The third-order valence-corrected chi connectivity index (χ3v) is 7.32. The Bertz CT molecular complexity index is 817. The van der Waals surface area contributed by atoms with Crippen LogP contribution in [-0.4, -0.2) is 52.9 Å². The van der Waals surface area contributed by atoms with Gasteiger partial charge in [0.1, 0.15) is 0 Å². The number of rotatable bonds is 6. The lowest BCUT2D eigenvalue weighted by Gasteiger charge is -2.39. The topological polar surface area (TPSA) is 36.4 Å². The van der Waals surface area contributed by atoms with Gasteiger partial charge >= 0.3 is 6.18 Å². The Kier molecular flexibility index (Phi) is 7.14. The second-order valence-electron chi connectivity index (χ2n) is 9.12. The van der Waals surface area contributed by atoms with Crippen molar-refractivity contribution in [2.75, 3.05) is 26.2 Å². The highest BCUT2D eigenvalue weighted by atomic mass is 19.4. The first-order valence-electron chi connectivity index (χ1n) is 11.4. The van der Waals surface area contributed by atoms with E-state index in [1.807, 2.05) is 11.0 Å². The Morgan fingerprint density at radius 3 is 2.55 bits per heavy atom. The molecule has 1 aromatic heterocycles. The number of carbonyl (C=O) groups is 1. The SMILES string of the molecule is CCN(CC)[C@@H]1CC[C@@](C(=O)N2CC=C(c3cncc(C(F)(F)F)c3)CC2)(C(C)C)C1. The molecule has 0 spiro atoms. The second-order valence-corrected chi connectivity index (χ2v) is 9.12. The number of halogens is 3. The van der Waals surface area contributed by atoms with Crippen LogP contribution in [0.4, 0.5) is 13.2 Å². The van der Waals surface area contributed by atoms with Gasteiger partial charge in [0.15, 0.2) is 0 Å². The molecular weight excluding hydrogens is 403 g/mol. The molecule has 4 nitrogen and oxygen atoms in total. The Balaban J connectivity index is 1.75. The number of alkyl halides is 3. The minimum absolute atomic E-state index is 0.203. The van der Waals surface area contributed by atoms with Crippen molar-refractivity contribution in [3.63, 3.8) is 0 Å². The Morgan fingerprint density at radius 1 is 1.29 bits per heavy atom. The standard InChI is InChI=1S/C24H34F3N3O/c1-5-29(6-2)21-7-10-23(14-21,17(3)4)22(31)30-11-8-18(9-12-30)19-13-20(16-28-15-19)24(25,26)27/h8,13,15-17,21H,5-7,9-12,14H2,1-4H3/t21-,23+/m1/s1. The summed E-state index contributed by atoms with van der Waals surface area (Å²) in [4.78, 5) is 21.8. The summed E-state index contributed by atoms with van der Waals surface area (Å²) < 4.78 is 39.1. The molecule has 0 bridgehead atoms. The van der Waals surface area contributed by atoms with Crippen molar-refractivity contribution in [2.24, 2.45) is 11.3 Å². The molecule has 2 aliphatic rings. The van der Waals surface area contributed by atoms with Gasteiger partial charge in [-0.05, 0) is 61.9 Å². The fourth-order valence-electron chi connectivity index (χ4n) is 5.27. The predicted molar refractivity (Wildman–Crippen MR) is 116 cm³/mol. The lowest BCUT2D eigenvalue weighted by Crippen LogP contribution is -2.48. The van der Waals surface area contributed by atoms with Crippen LogP contribution < -0.4 is 0 Å². The molecule has 31 heavy (non-hydrogen) atoms. The molecular formula is C24H34F3N3O. The number of nitrogens with zero attached hydrogens (tertiary/aromatic N) is 3. The molecule has 3 rings (SSSR count). The van der Waals surface area contributed by atoms with Gasteiger partial charge in [-0.25, -0.2) is 0 Å². The third-order valence-electron chi connectivity index (χ3n) is 7.32. The third kappa shape index (κ3) is 4.81. The molecule has 172 valence electrons. The smallest absolute Gasteiger partial charge is 0.338 e. The molecule has 1 aliphatic carbocycles. The maximum atomic E-state index is 13.7. The van der Waals surface area contributed by atoms with E-state index in [1.54, 1.807) is 0 Å². The van der Waals surface area contributed by atoms with Crippen LogP contribution in [0.2, 0.25) is 0 Å². The van der Waals surface area contributed by atoms with E-state index in [0.29, 0.717) is 31.1 Å². The van der Waals surface area contributed by atoms with Crippen molar-refractivity contribution in [1.82, 2.24) is 14.8 Å². The zero-order chi connectivity index (χ0) is 22.8. The van der Waals surface area contributed by atoms with Crippen molar-refractivity contribution in [3.05, 3.63) is 35.7 Å². The number of amides is 1. The molecule has 0 unspecified atom stereocenters. The van der Waals surface area contributed by atoms with E-state index < -0.39 is 11.7 Å². The number of carbonyl (C=O) groups excluding carboxylic acids is 1. The predicted octanol–water partition coefficient (Wildman–Crippen LogP) is 5.25. The maximum Gasteiger partial charge on any atom is 0.417 e. The molecule has 1 saturated carbocycles. The average molecular weight is 438 g/mol. The van der Waals surface area contributed by atoms with Crippen LogP contribution in [0.3, 0.4) is 0 Å². The zero-order valence-corrected chi connectivity index (χ0v) is 19.0. The van der Waals surface area contributed by atoms with E-state index in [2.05, 4.69) is 37.6 Å². The molecule has 1 aromatic rings. The van der Waals surface area contributed by atoms with Gasteiger partial charge in [0.25, 0.3) is 0 Å². The van der Waals surface area contributed by atoms with Crippen molar-refractivity contribution >= 4 is 11.5 Å². The van der Waals surface area contributed by atoms with E-state index in [-0.39, 0.29) is 17.2 Å². The van der Waals surface area contributed by atoms with Gasteiger partial charge in [-0.3, -0.25) is 9.78 Å². The average Bonchev–Trinajstić information content (AvgIpc) is 3.20. The van der Waals surface area contributed by atoms with E-state index in [0.717, 1.165) is 50.2 Å². The van der Waals surface area contributed by atoms with Gasteiger partial charge in [0.05, 0.1) is 11.0 Å². The number of pyridine rings is 1. The summed E-state index contributed by atoms with van der Waals surface area (Å²) in [5.74, 6) is 0.452. The molecule has 0 N–H and O–H groups in total. The van der Waals surface area contributed by atoms with Crippen LogP contribution in [0.5, 0.6) is 0 Å². The highest BCUT2D eigenvalue weighted by Crippen LogP contribution is 2.47. The largest absolute Gasteiger partial charge is 0.417 e. The van der Waals surface area contributed by atoms with E-state index in [9.17, 15) is 18.0 Å². The number of aromatic nitrogens is 1. The van der Waals surface area contributed by atoms with Gasteiger partial charge in [-0.15, -0.1) is 0 Å². The van der Waals surface area contributed by atoms with Crippen molar-refractivity contribution < 1.29 is 18.0 Å². The fraction of sp³-hybridized carbons (Fsp3) is 0.667. The van der Waals surface area contributed by atoms with Gasteiger partial charge in [0.2, 0.25) is 5.91 Å². The quantitative estimate of drug-likeness (QED) is 0.610. The Morgan fingerprint density at radius 2 is 2.00 bits per heavy atom. The summed E-state index contributed by atoms with van der Waals surface area (Å²) in [6.45, 7) is 11.6. The Hall–Kier alpha value is -1.89. The first-order valence-corrected chi connectivity index (χ1v) is 11.4. The molecule has 1 amide bonds. The molecule has 2 heterocycles. The first-order chi connectivity index (χ1) is 14.6. The number of hydrogen-bond donors (Lipinski definition) is 0. The summed E-state index contributed by atoms with van der Waals surface area (Å²) in [5.41, 5.74) is 0.226. The summed E-state index contributed by atoms with van der Waals surface area (Å²) in [5, 5.41) is 0. The van der Waals surface area contributed by atoms with Crippen molar-refractivity contribution in [2.45, 2.75) is 65.6 Å². The number of hydrogen-bond acceptors (Lipinski definition) is 3. The van der Waals surface area contributed by atoms with E-state index in [1.165, 1.54) is 6.20 Å². The van der Waals surface area contributed by atoms with E-state index >= 15 is 0 Å². The molecule has 7 heteroatoms. The van der Waals surface area contributed by atoms with Crippen LogP contribution >= 0.6 is 0 Å². The molecule has 1 aliphatic heterocycles. The molecule has 2 atom stereocenters. The van der Waals surface area contributed by atoms with Crippen LogP contribution in [0.15, 0.2) is 24.5 Å². The molecule has 0 saturated heterocycles. The minimum atomic E-state index is -4.41. The Labute approximate surface area is 183 Å². The highest BCUT2D eigenvalue weighted by molar-refractivity contribution is 5.84. The van der Waals surface area contributed by atoms with Crippen LogP contribution in [0, 0.1) is 11.3 Å². The summed E-state index contributed by atoms with van der Waals surface area (Å²) in [7, 11) is 0. The first kappa shape index (κ1) is 23.8. The molecule has 1 fully saturated rings. The minimum Gasteiger partial charge on any atom is -0.338 e. The molecule has 0 aromatic carbocycles. The second kappa shape index (κ2) is 9.31. The normalized spacial score (nSPS) is 24.7. The lowest BCUT2D eigenvalue weighted by atomic mass is 9.74. The van der Waals surface area contributed by atoms with Crippen LogP contribution in [-0.2, 0) is 11.0 Å². The highest BCUT2D eigenvalue weighted by Gasteiger charge is 2.50. The zero-order valence-electron chi connectivity index (χ0n) is 19.0. The van der Waals surface area contributed by atoms with Gasteiger partial charge in [-0.2, -0.15) is 13.2 Å². The van der Waals surface area contributed by atoms with Crippen LogP contribution in [0.25, 0.3) is 5.57 Å². The lowest BCUT2D eigenvalue weighted by molar-refractivity contribution is -0.144. The maximum absolute atomic E-state index is 13.7. The monoisotopic (exact) mass is 437 g/mol. The van der Waals surface area contributed by atoms with Gasteiger partial charge < -0.3 is 9.80 Å². The van der Waals surface area contributed by atoms with Crippen molar-refractivity contribution in [3.8, 4) is 0 Å². The van der Waals surface area contributed by atoms with E-state index in [4.69, 9.17) is 0 Å².